The minimum Gasteiger partial charge on any atom is -0.355 e. The van der Waals surface area contributed by atoms with Crippen molar-refractivity contribution in [3.63, 3.8) is 0 Å². The number of anilines is 1. The van der Waals surface area contributed by atoms with Gasteiger partial charge in [-0.2, -0.15) is 5.26 Å². The van der Waals surface area contributed by atoms with Crippen molar-refractivity contribution in [1.82, 2.24) is 14.4 Å². The van der Waals surface area contributed by atoms with Crippen LogP contribution < -0.4 is 10.5 Å². The number of pyridine rings is 1. The summed E-state index contributed by atoms with van der Waals surface area (Å²) in [6.45, 7) is 8.62. The molecule has 0 aliphatic carbocycles. The van der Waals surface area contributed by atoms with Crippen molar-refractivity contribution in [2.45, 2.75) is 20.4 Å². The smallest absolute Gasteiger partial charge is 0.270 e. The Bertz CT molecular complexity index is 1250. The van der Waals surface area contributed by atoms with Crippen molar-refractivity contribution in [1.29, 1.82) is 5.26 Å². The maximum Gasteiger partial charge on any atom is 0.270 e. The Kier molecular flexibility index (Phi) is 7.22. The van der Waals surface area contributed by atoms with Crippen LogP contribution >= 0.6 is 24.0 Å². The van der Waals surface area contributed by atoms with Crippen LogP contribution in [0.5, 0.6) is 0 Å². The molecule has 3 heterocycles. The molecule has 0 bridgehead atoms. The third-order valence-electron chi connectivity index (χ3n) is 6.42. The summed E-state index contributed by atoms with van der Waals surface area (Å²) < 4.78 is 2.05. The predicted octanol–water partition coefficient (Wildman–Crippen LogP) is 3.11. The van der Waals surface area contributed by atoms with Crippen molar-refractivity contribution in [2.75, 3.05) is 37.6 Å². The average Bonchev–Trinajstić information content (AvgIpc) is 3.11. The number of nitriles is 1. The molecule has 0 spiro atoms. The van der Waals surface area contributed by atoms with Crippen LogP contribution in [-0.2, 0) is 18.4 Å². The van der Waals surface area contributed by atoms with E-state index in [9.17, 15) is 14.9 Å². The second-order valence-corrected chi connectivity index (χ2v) is 10.1. The van der Waals surface area contributed by atoms with Gasteiger partial charge in [0.1, 0.15) is 21.8 Å². The predicted molar refractivity (Wildman–Crippen MR) is 141 cm³/mol. The molecule has 0 saturated carbocycles. The molecule has 0 N–H and O–H groups in total. The number of aromatic nitrogens is 1. The lowest BCUT2D eigenvalue weighted by atomic mass is 10.0. The van der Waals surface area contributed by atoms with Gasteiger partial charge in [-0.15, -0.1) is 0 Å². The third-order valence-corrected chi connectivity index (χ3v) is 7.80. The zero-order chi connectivity index (χ0) is 24.4. The van der Waals surface area contributed by atoms with Gasteiger partial charge in [-0.25, -0.2) is 0 Å². The van der Waals surface area contributed by atoms with E-state index in [4.69, 9.17) is 12.2 Å². The zero-order valence-electron chi connectivity index (χ0n) is 19.6. The highest BCUT2D eigenvalue weighted by Crippen LogP contribution is 2.36. The van der Waals surface area contributed by atoms with E-state index in [0.717, 1.165) is 49.7 Å². The van der Waals surface area contributed by atoms with Crippen LogP contribution in [0.1, 0.15) is 29.2 Å². The van der Waals surface area contributed by atoms with Gasteiger partial charge in [-0.05, 0) is 30.7 Å². The molecule has 1 amide bonds. The lowest BCUT2D eigenvalue weighted by Gasteiger charge is -2.37. The number of carbonyl (C=O) groups excluding carboxylic acids is 1. The summed E-state index contributed by atoms with van der Waals surface area (Å²) in [5.74, 6) is 0.581. The molecule has 2 aromatic rings. The molecule has 1 aromatic carbocycles. The number of amides is 1. The van der Waals surface area contributed by atoms with E-state index >= 15 is 0 Å². The molecule has 2 fully saturated rings. The molecule has 2 saturated heterocycles. The maximum atomic E-state index is 13.3. The van der Waals surface area contributed by atoms with Gasteiger partial charge in [0.2, 0.25) is 0 Å². The molecule has 9 heteroatoms. The SMILES string of the molecule is CCN1CCN(c2c(C=C3SC(=S)N(Cc4ccccc4)C3=O)c(C)c(C#N)c(=O)n2C)CC1. The van der Waals surface area contributed by atoms with Gasteiger partial charge in [0.15, 0.2) is 0 Å². The van der Waals surface area contributed by atoms with Crippen LogP contribution in [0.15, 0.2) is 40.0 Å². The van der Waals surface area contributed by atoms with Crippen LogP contribution in [0.3, 0.4) is 0 Å². The summed E-state index contributed by atoms with van der Waals surface area (Å²) in [5.41, 5.74) is 2.10. The zero-order valence-corrected chi connectivity index (χ0v) is 21.2. The Morgan fingerprint density at radius 2 is 1.82 bits per heavy atom. The average molecular weight is 494 g/mol. The van der Waals surface area contributed by atoms with Gasteiger partial charge in [0.05, 0.1) is 11.4 Å². The molecule has 176 valence electrons. The van der Waals surface area contributed by atoms with Gasteiger partial charge < -0.3 is 9.80 Å². The molecule has 2 aliphatic heterocycles. The van der Waals surface area contributed by atoms with E-state index in [-0.39, 0.29) is 17.0 Å². The molecular weight excluding hydrogens is 466 g/mol. The molecular formula is C25H27N5O2S2. The van der Waals surface area contributed by atoms with Gasteiger partial charge in [-0.3, -0.25) is 19.1 Å². The van der Waals surface area contributed by atoms with E-state index in [0.29, 0.717) is 21.3 Å². The standard InChI is InChI=1S/C25H27N5O2S2/c1-4-28-10-12-29(13-11-28)22-19(17(2)20(15-26)23(31)27(22)3)14-21-24(32)30(25(33)34-21)16-18-8-6-5-7-9-18/h5-9,14H,4,10-13,16H2,1-3H3. The Morgan fingerprint density at radius 1 is 1.15 bits per heavy atom. The number of nitrogens with zero attached hydrogens (tertiary/aromatic N) is 5. The van der Waals surface area contributed by atoms with Crippen molar-refractivity contribution in [3.05, 3.63) is 67.8 Å². The number of piperazine rings is 1. The van der Waals surface area contributed by atoms with Gasteiger partial charge in [0.25, 0.3) is 11.5 Å². The molecule has 4 rings (SSSR count). The molecule has 0 radical (unpaired) electrons. The lowest BCUT2D eigenvalue weighted by Crippen LogP contribution is -2.48. The first-order valence-electron chi connectivity index (χ1n) is 11.3. The largest absolute Gasteiger partial charge is 0.355 e. The summed E-state index contributed by atoms with van der Waals surface area (Å²) in [6, 6.07) is 11.8. The summed E-state index contributed by atoms with van der Waals surface area (Å²) in [5, 5.41) is 9.67. The van der Waals surface area contributed by atoms with Crippen molar-refractivity contribution in [3.8, 4) is 6.07 Å². The Hall–Kier alpha value is -2.93. The molecule has 0 atom stereocenters. The van der Waals surface area contributed by atoms with E-state index in [1.54, 1.807) is 29.5 Å². The van der Waals surface area contributed by atoms with E-state index in [1.165, 1.54) is 11.8 Å². The second kappa shape index (κ2) is 10.1. The first-order valence-corrected chi connectivity index (χ1v) is 12.5. The van der Waals surface area contributed by atoms with E-state index in [1.807, 2.05) is 30.3 Å². The highest BCUT2D eigenvalue weighted by Gasteiger charge is 2.33. The van der Waals surface area contributed by atoms with Gasteiger partial charge >= 0.3 is 0 Å². The Balaban J connectivity index is 1.75. The molecule has 7 nitrogen and oxygen atoms in total. The summed E-state index contributed by atoms with van der Waals surface area (Å²) in [7, 11) is 1.70. The first kappa shape index (κ1) is 24.2. The minimum atomic E-state index is -0.318. The summed E-state index contributed by atoms with van der Waals surface area (Å²) in [6.07, 6.45) is 1.81. The number of hydrogen-bond donors (Lipinski definition) is 0. The quantitative estimate of drug-likeness (QED) is 0.468. The van der Waals surface area contributed by atoms with Crippen LogP contribution in [0.2, 0.25) is 0 Å². The highest BCUT2D eigenvalue weighted by molar-refractivity contribution is 8.26. The Labute approximate surface area is 209 Å². The van der Waals surface area contributed by atoms with Crippen LogP contribution in [0, 0.1) is 18.3 Å². The second-order valence-electron chi connectivity index (χ2n) is 8.39. The van der Waals surface area contributed by atoms with E-state index < -0.39 is 0 Å². The topological polar surface area (TPSA) is 72.6 Å². The number of benzene rings is 1. The molecule has 1 aromatic heterocycles. The van der Waals surface area contributed by atoms with Crippen LogP contribution in [0.25, 0.3) is 6.08 Å². The van der Waals surface area contributed by atoms with Crippen LogP contribution in [0.4, 0.5) is 5.82 Å². The number of carbonyl (C=O) groups is 1. The number of likely N-dealkylation sites (N-methyl/N-ethyl adjacent to an activating group) is 1. The van der Waals surface area contributed by atoms with E-state index in [2.05, 4.69) is 22.8 Å². The van der Waals surface area contributed by atoms with Crippen molar-refractivity contribution in [2.24, 2.45) is 7.05 Å². The third kappa shape index (κ3) is 4.53. The van der Waals surface area contributed by atoms with Gasteiger partial charge in [0, 0.05) is 38.8 Å². The Morgan fingerprint density at radius 3 is 2.44 bits per heavy atom. The fraction of sp³-hybridized carbons (Fsp3) is 0.360. The van der Waals surface area contributed by atoms with Gasteiger partial charge in [-0.1, -0.05) is 61.2 Å². The van der Waals surface area contributed by atoms with Crippen molar-refractivity contribution >= 4 is 46.1 Å². The lowest BCUT2D eigenvalue weighted by molar-refractivity contribution is -0.122. The summed E-state index contributed by atoms with van der Waals surface area (Å²) >= 11 is 6.79. The van der Waals surface area contributed by atoms with Crippen molar-refractivity contribution < 1.29 is 4.79 Å². The minimum absolute atomic E-state index is 0.101. The van der Waals surface area contributed by atoms with Crippen LogP contribution in [-0.4, -0.2) is 57.3 Å². The number of rotatable bonds is 5. The molecule has 2 aliphatic rings. The fourth-order valence-corrected chi connectivity index (χ4v) is 5.64. The molecule has 34 heavy (non-hydrogen) atoms. The normalized spacial score (nSPS) is 18.1. The number of hydrogen-bond acceptors (Lipinski definition) is 7. The maximum absolute atomic E-state index is 13.3. The highest BCUT2D eigenvalue weighted by atomic mass is 32.2. The molecule has 0 unspecified atom stereocenters. The fourth-order valence-electron chi connectivity index (χ4n) is 4.40. The number of thioether (sulfide) groups is 1. The number of thiocarbonyl (C=S) groups is 1. The summed E-state index contributed by atoms with van der Waals surface area (Å²) in [4.78, 5) is 32.9. The first-order chi connectivity index (χ1) is 16.3. The monoisotopic (exact) mass is 493 g/mol.